The van der Waals surface area contributed by atoms with E-state index in [9.17, 15) is 5.11 Å². The Morgan fingerprint density at radius 3 is 2.24 bits per heavy atom. The minimum atomic E-state index is -0.123. The van der Waals surface area contributed by atoms with Crippen LogP contribution in [-0.2, 0) is 6.42 Å². The highest BCUT2D eigenvalue weighted by Crippen LogP contribution is 2.17. The molecule has 1 unspecified atom stereocenters. The molecular weight excluding hydrogens is 258 g/mol. The van der Waals surface area contributed by atoms with E-state index in [1.54, 1.807) is 0 Å². The minimum absolute atomic E-state index is 0.123. The molecule has 2 heteroatoms. The Balaban J connectivity index is 1.77. The molecule has 0 radical (unpaired) electrons. The second-order valence-corrected chi connectivity index (χ2v) is 5.50. The summed E-state index contributed by atoms with van der Waals surface area (Å²) in [5.41, 5.74) is 3.59. The summed E-state index contributed by atoms with van der Waals surface area (Å²) in [5, 5.41) is 12.9. The normalized spacial score (nSPS) is 12.1. The third-order valence-electron chi connectivity index (χ3n) is 3.74. The van der Waals surface area contributed by atoms with Crippen LogP contribution < -0.4 is 5.32 Å². The molecule has 0 spiro atoms. The second kappa shape index (κ2) is 8.48. The molecule has 0 bridgehead atoms. The van der Waals surface area contributed by atoms with Crippen molar-refractivity contribution in [1.29, 1.82) is 0 Å². The van der Waals surface area contributed by atoms with Crippen LogP contribution in [0.3, 0.4) is 0 Å². The number of unbranched alkanes of at least 4 members (excludes halogenated alkanes) is 1. The van der Waals surface area contributed by atoms with Gasteiger partial charge in [-0.05, 0) is 55.5 Å². The number of anilines is 2. The molecule has 2 aromatic carbocycles. The largest absolute Gasteiger partial charge is 0.393 e. The number of aliphatic hydroxyl groups excluding tert-OH is 1. The van der Waals surface area contributed by atoms with E-state index >= 15 is 0 Å². The van der Waals surface area contributed by atoms with Gasteiger partial charge in [0.25, 0.3) is 0 Å². The van der Waals surface area contributed by atoms with Crippen LogP contribution in [0.2, 0.25) is 0 Å². The van der Waals surface area contributed by atoms with Crippen molar-refractivity contribution in [3.05, 3.63) is 60.2 Å². The van der Waals surface area contributed by atoms with Gasteiger partial charge in [0.2, 0.25) is 0 Å². The Morgan fingerprint density at radius 1 is 0.905 bits per heavy atom. The predicted molar refractivity (Wildman–Crippen MR) is 90.0 cm³/mol. The van der Waals surface area contributed by atoms with Crippen LogP contribution in [0.15, 0.2) is 54.6 Å². The summed E-state index contributed by atoms with van der Waals surface area (Å²) in [6.07, 6.45) is 4.98. The smallest absolute Gasteiger partial charge is 0.0537 e. The van der Waals surface area contributed by atoms with Crippen molar-refractivity contribution < 1.29 is 5.11 Å². The number of benzene rings is 2. The first-order valence-electron chi connectivity index (χ1n) is 7.87. The van der Waals surface area contributed by atoms with Crippen molar-refractivity contribution in [2.45, 2.75) is 45.1 Å². The quantitative estimate of drug-likeness (QED) is 0.674. The Kier molecular flexibility index (Phi) is 6.29. The summed E-state index contributed by atoms with van der Waals surface area (Å²) < 4.78 is 0. The standard InChI is InChI=1S/C19H25NO/c1-2-19(21)11-7-6-8-16-12-14-18(15-13-16)20-17-9-4-3-5-10-17/h3-5,9-10,12-15,19-21H,2,6-8,11H2,1H3. The number of rotatable bonds is 8. The van der Waals surface area contributed by atoms with E-state index in [-0.39, 0.29) is 6.10 Å². The fourth-order valence-electron chi connectivity index (χ4n) is 2.36. The van der Waals surface area contributed by atoms with Crippen LogP contribution in [0.4, 0.5) is 11.4 Å². The Morgan fingerprint density at radius 2 is 1.57 bits per heavy atom. The van der Waals surface area contributed by atoms with E-state index in [1.165, 1.54) is 5.56 Å². The Labute approximate surface area is 127 Å². The highest BCUT2D eigenvalue weighted by atomic mass is 16.3. The van der Waals surface area contributed by atoms with Gasteiger partial charge in [-0.25, -0.2) is 0 Å². The van der Waals surface area contributed by atoms with Crippen molar-refractivity contribution in [1.82, 2.24) is 0 Å². The third kappa shape index (κ3) is 5.60. The molecular formula is C19H25NO. The lowest BCUT2D eigenvalue weighted by Gasteiger charge is -2.09. The van der Waals surface area contributed by atoms with Crippen LogP contribution in [0.25, 0.3) is 0 Å². The first kappa shape index (κ1) is 15.6. The monoisotopic (exact) mass is 283 g/mol. The van der Waals surface area contributed by atoms with Crippen LogP contribution in [0, 0.1) is 0 Å². The molecule has 0 aliphatic carbocycles. The lowest BCUT2D eigenvalue weighted by Crippen LogP contribution is -2.03. The highest BCUT2D eigenvalue weighted by molar-refractivity contribution is 5.59. The molecule has 0 aromatic heterocycles. The average Bonchev–Trinajstić information content (AvgIpc) is 2.54. The predicted octanol–water partition coefficient (Wildman–Crippen LogP) is 4.91. The number of hydrogen-bond acceptors (Lipinski definition) is 2. The van der Waals surface area contributed by atoms with Gasteiger partial charge in [-0.1, -0.05) is 43.7 Å². The van der Waals surface area contributed by atoms with E-state index in [0.717, 1.165) is 43.5 Å². The van der Waals surface area contributed by atoms with Gasteiger partial charge in [-0.3, -0.25) is 0 Å². The van der Waals surface area contributed by atoms with Crippen molar-refractivity contribution in [2.24, 2.45) is 0 Å². The maximum absolute atomic E-state index is 9.52. The maximum atomic E-state index is 9.52. The van der Waals surface area contributed by atoms with Gasteiger partial charge >= 0.3 is 0 Å². The molecule has 0 saturated heterocycles. The molecule has 0 amide bonds. The summed E-state index contributed by atoms with van der Waals surface area (Å²) in [4.78, 5) is 0. The number of hydrogen-bond donors (Lipinski definition) is 2. The molecule has 112 valence electrons. The van der Waals surface area contributed by atoms with Gasteiger partial charge in [0.05, 0.1) is 6.10 Å². The number of aliphatic hydroxyl groups is 1. The van der Waals surface area contributed by atoms with Crippen LogP contribution >= 0.6 is 0 Å². The third-order valence-corrected chi connectivity index (χ3v) is 3.74. The van der Waals surface area contributed by atoms with Crippen LogP contribution in [-0.4, -0.2) is 11.2 Å². The van der Waals surface area contributed by atoms with E-state index < -0.39 is 0 Å². The number of nitrogens with one attached hydrogen (secondary N) is 1. The summed E-state index contributed by atoms with van der Waals surface area (Å²) in [5.74, 6) is 0. The zero-order valence-electron chi connectivity index (χ0n) is 12.8. The minimum Gasteiger partial charge on any atom is -0.393 e. The Hall–Kier alpha value is -1.80. The lowest BCUT2D eigenvalue weighted by molar-refractivity contribution is 0.157. The van der Waals surface area contributed by atoms with Gasteiger partial charge in [-0.2, -0.15) is 0 Å². The SMILES string of the molecule is CCC(O)CCCCc1ccc(Nc2ccccc2)cc1. The average molecular weight is 283 g/mol. The molecule has 0 fully saturated rings. The first-order chi connectivity index (χ1) is 10.3. The molecule has 2 rings (SSSR count). The zero-order valence-corrected chi connectivity index (χ0v) is 12.8. The van der Waals surface area contributed by atoms with Crippen LogP contribution in [0.5, 0.6) is 0 Å². The molecule has 0 saturated carbocycles. The van der Waals surface area contributed by atoms with Crippen molar-refractivity contribution in [3.63, 3.8) is 0 Å². The molecule has 0 aliphatic heterocycles. The summed E-state index contributed by atoms with van der Waals surface area (Å²) in [6, 6.07) is 18.8. The fraction of sp³-hybridized carbons (Fsp3) is 0.368. The lowest BCUT2D eigenvalue weighted by atomic mass is 10.0. The topological polar surface area (TPSA) is 32.3 Å². The molecule has 2 nitrogen and oxygen atoms in total. The molecule has 1 atom stereocenters. The maximum Gasteiger partial charge on any atom is 0.0537 e. The van der Waals surface area contributed by atoms with Crippen molar-refractivity contribution >= 4 is 11.4 Å². The van der Waals surface area contributed by atoms with E-state index in [2.05, 4.69) is 41.7 Å². The molecule has 2 aromatic rings. The highest BCUT2D eigenvalue weighted by Gasteiger charge is 2.01. The molecule has 0 aliphatic rings. The fourth-order valence-corrected chi connectivity index (χ4v) is 2.36. The summed E-state index contributed by atoms with van der Waals surface area (Å²) >= 11 is 0. The van der Waals surface area contributed by atoms with Crippen molar-refractivity contribution in [2.75, 3.05) is 5.32 Å². The zero-order chi connectivity index (χ0) is 14.9. The van der Waals surface area contributed by atoms with E-state index in [4.69, 9.17) is 0 Å². The van der Waals surface area contributed by atoms with Gasteiger partial charge in [0.1, 0.15) is 0 Å². The molecule has 21 heavy (non-hydrogen) atoms. The van der Waals surface area contributed by atoms with E-state index in [1.807, 2.05) is 25.1 Å². The second-order valence-electron chi connectivity index (χ2n) is 5.50. The van der Waals surface area contributed by atoms with Gasteiger partial charge < -0.3 is 10.4 Å². The Bertz CT molecular complexity index is 507. The summed E-state index contributed by atoms with van der Waals surface area (Å²) in [7, 11) is 0. The van der Waals surface area contributed by atoms with Gasteiger partial charge in [-0.15, -0.1) is 0 Å². The summed E-state index contributed by atoms with van der Waals surface area (Å²) in [6.45, 7) is 2.03. The molecule has 0 heterocycles. The molecule has 2 N–H and O–H groups in total. The van der Waals surface area contributed by atoms with Gasteiger partial charge in [0, 0.05) is 11.4 Å². The first-order valence-corrected chi connectivity index (χ1v) is 7.87. The number of para-hydroxylation sites is 1. The van der Waals surface area contributed by atoms with Crippen molar-refractivity contribution in [3.8, 4) is 0 Å². The van der Waals surface area contributed by atoms with Gasteiger partial charge in [0.15, 0.2) is 0 Å². The van der Waals surface area contributed by atoms with Crippen LogP contribution in [0.1, 0.15) is 38.2 Å². The number of aryl methyl sites for hydroxylation is 1. The van der Waals surface area contributed by atoms with E-state index in [0.29, 0.717) is 0 Å².